The van der Waals surface area contributed by atoms with Crippen molar-refractivity contribution in [2.24, 2.45) is 0 Å². The molecule has 166 valence electrons. The molecule has 0 saturated carbocycles. The van der Waals surface area contributed by atoms with Gasteiger partial charge in [-0.05, 0) is 59.3 Å². The molecule has 3 aromatic carbocycles. The lowest BCUT2D eigenvalue weighted by molar-refractivity contribution is -0.118. The number of hydrogen-bond donors (Lipinski definition) is 2. The van der Waals surface area contributed by atoms with E-state index in [1.807, 2.05) is 84.9 Å². The maximum Gasteiger partial charge on any atom is 0.262 e. The van der Waals surface area contributed by atoms with E-state index >= 15 is 0 Å². The summed E-state index contributed by atoms with van der Waals surface area (Å²) in [7, 11) is 0. The van der Waals surface area contributed by atoms with Crippen LogP contribution in [0.4, 0.5) is 17.3 Å². The lowest BCUT2D eigenvalue weighted by Crippen LogP contribution is -2.20. The predicted molar refractivity (Wildman–Crippen MR) is 133 cm³/mol. The Morgan fingerprint density at radius 3 is 2.59 bits per heavy atom. The Hall–Kier alpha value is -4.78. The average Bonchev–Trinajstić information content (AvgIpc) is 2.88. The molecule has 2 N–H and O–H groups in total. The van der Waals surface area contributed by atoms with Crippen LogP contribution in [0.2, 0.25) is 0 Å². The number of hydrogen-bond acceptors (Lipinski definition) is 6. The van der Waals surface area contributed by atoms with Gasteiger partial charge < -0.3 is 15.4 Å². The number of ether oxygens (including phenoxy) is 1. The molecule has 5 rings (SSSR count). The zero-order valence-electron chi connectivity index (χ0n) is 18.2. The van der Waals surface area contributed by atoms with E-state index in [0.717, 1.165) is 27.7 Å². The standard InChI is InChI=1S/C27H21N5O2/c33-26(18-34-24-11-10-19-5-1-2-6-20(19)15-24)30-22-8-3-9-23(16-22)31-27-29-14-12-25(32-27)21-7-4-13-28-17-21/h1-17H,18H2,(H,30,33)(H,29,31,32). The van der Waals surface area contributed by atoms with Crippen molar-refractivity contribution in [3.8, 4) is 17.0 Å². The highest BCUT2D eigenvalue weighted by Gasteiger charge is 2.07. The highest BCUT2D eigenvalue weighted by atomic mass is 16.5. The minimum Gasteiger partial charge on any atom is -0.484 e. The summed E-state index contributed by atoms with van der Waals surface area (Å²) < 4.78 is 5.68. The highest BCUT2D eigenvalue weighted by Crippen LogP contribution is 2.22. The molecular formula is C27H21N5O2. The monoisotopic (exact) mass is 447 g/mol. The quantitative estimate of drug-likeness (QED) is 0.345. The van der Waals surface area contributed by atoms with Gasteiger partial charge in [-0.25, -0.2) is 9.97 Å². The van der Waals surface area contributed by atoms with E-state index in [4.69, 9.17) is 4.74 Å². The van der Waals surface area contributed by atoms with Crippen molar-refractivity contribution in [1.82, 2.24) is 15.0 Å². The fourth-order valence-corrected chi connectivity index (χ4v) is 3.50. The van der Waals surface area contributed by atoms with Crippen molar-refractivity contribution in [2.45, 2.75) is 0 Å². The summed E-state index contributed by atoms with van der Waals surface area (Å²) in [6.07, 6.45) is 5.16. The first kappa shape index (κ1) is 21.1. The van der Waals surface area contributed by atoms with Crippen LogP contribution in [0.25, 0.3) is 22.0 Å². The number of fused-ring (bicyclic) bond motifs is 1. The second kappa shape index (κ2) is 9.79. The molecule has 2 heterocycles. The molecule has 0 unspecified atom stereocenters. The molecular weight excluding hydrogens is 426 g/mol. The summed E-state index contributed by atoms with van der Waals surface area (Å²) in [6.45, 7) is -0.0910. The van der Waals surface area contributed by atoms with E-state index < -0.39 is 0 Å². The van der Waals surface area contributed by atoms with Crippen LogP contribution in [0, 0.1) is 0 Å². The van der Waals surface area contributed by atoms with Crippen molar-refractivity contribution < 1.29 is 9.53 Å². The third kappa shape index (κ3) is 5.16. The Kier molecular flexibility index (Phi) is 6.07. The first-order chi connectivity index (χ1) is 16.7. The Labute approximate surface area is 196 Å². The third-order valence-electron chi connectivity index (χ3n) is 5.11. The van der Waals surface area contributed by atoms with Gasteiger partial charge in [-0.3, -0.25) is 9.78 Å². The summed E-state index contributed by atoms with van der Waals surface area (Å²) in [4.78, 5) is 25.4. The number of pyridine rings is 1. The van der Waals surface area contributed by atoms with Gasteiger partial charge in [0, 0.05) is 35.5 Å². The van der Waals surface area contributed by atoms with E-state index in [9.17, 15) is 4.79 Å². The molecule has 0 bridgehead atoms. The second-order valence-electron chi connectivity index (χ2n) is 7.56. The number of aromatic nitrogens is 3. The van der Waals surface area contributed by atoms with Gasteiger partial charge in [-0.1, -0.05) is 36.4 Å². The summed E-state index contributed by atoms with van der Waals surface area (Å²) in [6, 6.07) is 26.7. The molecule has 7 heteroatoms. The van der Waals surface area contributed by atoms with Gasteiger partial charge in [-0.15, -0.1) is 0 Å². The van der Waals surface area contributed by atoms with Gasteiger partial charge in [0.15, 0.2) is 6.61 Å². The molecule has 0 fully saturated rings. The first-order valence-electron chi connectivity index (χ1n) is 10.7. The molecule has 0 saturated heterocycles. The highest BCUT2D eigenvalue weighted by molar-refractivity contribution is 5.92. The predicted octanol–water partition coefficient (Wildman–Crippen LogP) is 5.45. The summed E-state index contributed by atoms with van der Waals surface area (Å²) in [5, 5.41) is 8.22. The van der Waals surface area contributed by atoms with Crippen LogP contribution in [0.1, 0.15) is 0 Å². The molecule has 7 nitrogen and oxygen atoms in total. The Morgan fingerprint density at radius 1 is 0.824 bits per heavy atom. The number of anilines is 3. The van der Waals surface area contributed by atoms with Gasteiger partial charge >= 0.3 is 0 Å². The topological polar surface area (TPSA) is 89.0 Å². The fourth-order valence-electron chi connectivity index (χ4n) is 3.50. The van der Waals surface area contributed by atoms with Crippen LogP contribution >= 0.6 is 0 Å². The van der Waals surface area contributed by atoms with Crippen LogP contribution in [-0.4, -0.2) is 27.5 Å². The lowest BCUT2D eigenvalue weighted by Gasteiger charge is -2.10. The normalized spacial score (nSPS) is 10.6. The number of carbonyl (C=O) groups is 1. The molecule has 1 amide bonds. The molecule has 0 aliphatic carbocycles. The third-order valence-corrected chi connectivity index (χ3v) is 5.11. The van der Waals surface area contributed by atoms with E-state index in [0.29, 0.717) is 17.4 Å². The maximum atomic E-state index is 12.4. The minimum absolute atomic E-state index is 0.0910. The molecule has 0 atom stereocenters. The summed E-state index contributed by atoms with van der Waals surface area (Å²) in [5.41, 5.74) is 3.05. The van der Waals surface area contributed by atoms with Gasteiger partial charge in [0.2, 0.25) is 5.95 Å². The Balaban J connectivity index is 1.21. The van der Waals surface area contributed by atoms with E-state index in [-0.39, 0.29) is 12.5 Å². The SMILES string of the molecule is O=C(COc1ccc2ccccc2c1)Nc1cccc(Nc2nccc(-c3cccnc3)n2)c1. The molecule has 2 aromatic heterocycles. The molecule has 0 spiro atoms. The first-order valence-corrected chi connectivity index (χ1v) is 10.7. The molecule has 5 aromatic rings. The van der Waals surface area contributed by atoms with Crippen molar-refractivity contribution in [2.75, 3.05) is 17.2 Å². The van der Waals surface area contributed by atoms with Crippen LogP contribution in [0.15, 0.2) is 104 Å². The van der Waals surface area contributed by atoms with Gasteiger partial charge in [-0.2, -0.15) is 0 Å². The zero-order valence-corrected chi connectivity index (χ0v) is 18.2. The van der Waals surface area contributed by atoms with E-state index in [2.05, 4.69) is 25.6 Å². The van der Waals surface area contributed by atoms with E-state index in [1.165, 1.54) is 0 Å². The fraction of sp³-hybridized carbons (Fsp3) is 0.0370. The molecule has 0 radical (unpaired) electrons. The molecule has 0 aliphatic heterocycles. The summed E-state index contributed by atoms with van der Waals surface area (Å²) in [5.74, 6) is 0.847. The number of nitrogens with one attached hydrogen (secondary N) is 2. The average molecular weight is 447 g/mol. The Bertz CT molecular complexity index is 1440. The van der Waals surface area contributed by atoms with Gasteiger partial charge in [0.25, 0.3) is 5.91 Å². The molecule has 0 aliphatic rings. The summed E-state index contributed by atoms with van der Waals surface area (Å²) >= 11 is 0. The van der Waals surface area contributed by atoms with Gasteiger partial charge in [0.1, 0.15) is 5.75 Å². The number of rotatable bonds is 7. The van der Waals surface area contributed by atoms with Crippen molar-refractivity contribution >= 4 is 34.0 Å². The smallest absolute Gasteiger partial charge is 0.262 e. The van der Waals surface area contributed by atoms with Crippen LogP contribution in [0.3, 0.4) is 0 Å². The minimum atomic E-state index is -0.250. The van der Waals surface area contributed by atoms with E-state index in [1.54, 1.807) is 18.6 Å². The number of carbonyl (C=O) groups excluding carboxylic acids is 1. The zero-order chi connectivity index (χ0) is 23.2. The molecule has 34 heavy (non-hydrogen) atoms. The lowest BCUT2D eigenvalue weighted by atomic mass is 10.1. The van der Waals surface area contributed by atoms with Crippen LogP contribution < -0.4 is 15.4 Å². The van der Waals surface area contributed by atoms with Gasteiger partial charge in [0.05, 0.1) is 5.69 Å². The second-order valence-corrected chi connectivity index (χ2v) is 7.56. The van der Waals surface area contributed by atoms with Crippen LogP contribution in [-0.2, 0) is 4.79 Å². The number of amides is 1. The number of nitrogens with zero attached hydrogens (tertiary/aromatic N) is 3. The van der Waals surface area contributed by atoms with Crippen LogP contribution in [0.5, 0.6) is 5.75 Å². The Morgan fingerprint density at radius 2 is 1.71 bits per heavy atom. The van der Waals surface area contributed by atoms with Crippen molar-refractivity contribution in [3.05, 3.63) is 104 Å². The van der Waals surface area contributed by atoms with Crippen molar-refractivity contribution in [1.29, 1.82) is 0 Å². The largest absolute Gasteiger partial charge is 0.484 e. The van der Waals surface area contributed by atoms with Crippen molar-refractivity contribution in [3.63, 3.8) is 0 Å². The maximum absolute atomic E-state index is 12.4. The number of benzene rings is 3.